The van der Waals surface area contributed by atoms with E-state index in [1.54, 1.807) is 18.3 Å². The number of anilines is 2. The molecule has 0 fully saturated rings. The summed E-state index contributed by atoms with van der Waals surface area (Å²) in [5.41, 5.74) is 0.653. The quantitative estimate of drug-likeness (QED) is 0.515. The van der Waals surface area contributed by atoms with E-state index in [4.69, 9.17) is 11.6 Å². The largest absolute Gasteiger partial charge is 0.339 e. The third-order valence-electron chi connectivity index (χ3n) is 1.96. The molecule has 2 heterocycles. The highest BCUT2D eigenvalue weighted by atomic mass is 35.5. The van der Waals surface area contributed by atoms with E-state index in [-0.39, 0.29) is 5.69 Å². The van der Waals surface area contributed by atoms with E-state index >= 15 is 0 Å². The second kappa shape index (κ2) is 4.75. The molecule has 0 atom stereocenters. The van der Waals surface area contributed by atoms with E-state index in [0.717, 1.165) is 0 Å². The molecule has 0 aliphatic carbocycles. The molecule has 0 aromatic carbocycles. The maximum absolute atomic E-state index is 10.4. The van der Waals surface area contributed by atoms with E-state index in [9.17, 15) is 10.1 Å². The average molecular weight is 251 g/mol. The van der Waals surface area contributed by atoms with E-state index in [2.05, 4.69) is 15.3 Å². The first-order chi connectivity index (χ1) is 8.15. The predicted octanol–water partition coefficient (Wildman–Crippen LogP) is 2.78. The normalized spacial score (nSPS) is 9.94. The van der Waals surface area contributed by atoms with Gasteiger partial charge in [0.25, 0.3) is 5.69 Å². The Kier molecular flexibility index (Phi) is 3.15. The number of pyridine rings is 2. The van der Waals surface area contributed by atoms with E-state index in [0.29, 0.717) is 16.7 Å². The van der Waals surface area contributed by atoms with Gasteiger partial charge in [-0.3, -0.25) is 10.1 Å². The van der Waals surface area contributed by atoms with Crippen LogP contribution in [0.3, 0.4) is 0 Å². The van der Waals surface area contributed by atoms with Crippen LogP contribution >= 0.6 is 11.6 Å². The lowest BCUT2D eigenvalue weighted by Crippen LogP contribution is -1.95. The van der Waals surface area contributed by atoms with Crippen molar-refractivity contribution in [1.82, 2.24) is 9.97 Å². The first-order valence-corrected chi connectivity index (χ1v) is 5.02. The number of nitrogens with one attached hydrogen (secondary N) is 1. The van der Waals surface area contributed by atoms with Crippen molar-refractivity contribution in [3.8, 4) is 0 Å². The molecule has 0 aliphatic rings. The molecule has 0 bridgehead atoms. The summed E-state index contributed by atoms with van der Waals surface area (Å²) in [7, 11) is 0. The Morgan fingerprint density at radius 1 is 1.18 bits per heavy atom. The van der Waals surface area contributed by atoms with E-state index < -0.39 is 4.92 Å². The van der Waals surface area contributed by atoms with Crippen LogP contribution in [0.15, 0.2) is 36.7 Å². The summed E-state index contributed by atoms with van der Waals surface area (Å²) in [5, 5.41) is 13.8. The Balaban J connectivity index is 2.13. The molecular weight excluding hydrogens is 244 g/mol. The van der Waals surface area contributed by atoms with Gasteiger partial charge in [-0.2, -0.15) is 0 Å². The number of halogens is 1. The number of rotatable bonds is 3. The molecule has 2 aromatic heterocycles. The molecule has 0 unspecified atom stereocenters. The monoisotopic (exact) mass is 250 g/mol. The van der Waals surface area contributed by atoms with Gasteiger partial charge in [0.15, 0.2) is 0 Å². The van der Waals surface area contributed by atoms with Gasteiger partial charge in [-0.25, -0.2) is 9.97 Å². The highest BCUT2D eigenvalue weighted by Gasteiger charge is 2.05. The van der Waals surface area contributed by atoms with Gasteiger partial charge in [-0.15, -0.1) is 0 Å². The number of nitrogens with zero attached hydrogens (tertiary/aromatic N) is 3. The minimum Gasteiger partial charge on any atom is -0.339 e. The third kappa shape index (κ3) is 2.88. The van der Waals surface area contributed by atoms with Crippen molar-refractivity contribution in [2.75, 3.05) is 5.32 Å². The van der Waals surface area contributed by atoms with Gasteiger partial charge in [-0.05, 0) is 18.2 Å². The Labute approximate surface area is 101 Å². The van der Waals surface area contributed by atoms with Crippen LogP contribution in [0.25, 0.3) is 0 Å². The van der Waals surface area contributed by atoms with Crippen LogP contribution in [0.2, 0.25) is 5.15 Å². The third-order valence-corrected chi connectivity index (χ3v) is 2.18. The van der Waals surface area contributed by atoms with E-state index in [1.807, 2.05) is 0 Å². The zero-order chi connectivity index (χ0) is 12.3. The van der Waals surface area contributed by atoms with Crippen molar-refractivity contribution in [3.63, 3.8) is 0 Å². The number of hydrogen-bond donors (Lipinski definition) is 1. The van der Waals surface area contributed by atoms with Crippen molar-refractivity contribution in [2.24, 2.45) is 0 Å². The summed E-state index contributed by atoms with van der Waals surface area (Å²) in [4.78, 5) is 17.7. The Hall–Kier alpha value is -2.21. The molecule has 0 saturated carbocycles. The van der Waals surface area contributed by atoms with Gasteiger partial charge in [-0.1, -0.05) is 11.6 Å². The van der Waals surface area contributed by atoms with Gasteiger partial charge in [0.2, 0.25) is 0 Å². The fourth-order valence-corrected chi connectivity index (χ4v) is 1.28. The Morgan fingerprint density at radius 2 is 2.00 bits per heavy atom. The lowest BCUT2D eigenvalue weighted by Gasteiger charge is -2.04. The maximum Gasteiger partial charge on any atom is 0.287 e. The molecule has 86 valence electrons. The second-order valence-corrected chi connectivity index (χ2v) is 3.54. The molecule has 2 rings (SSSR count). The fraction of sp³-hybridized carbons (Fsp3) is 0. The minimum atomic E-state index is -0.499. The van der Waals surface area contributed by atoms with Gasteiger partial charge < -0.3 is 5.32 Å². The molecule has 7 heteroatoms. The first kappa shape index (κ1) is 11.3. The lowest BCUT2D eigenvalue weighted by molar-refractivity contribution is -0.385. The Morgan fingerprint density at radius 3 is 2.53 bits per heavy atom. The van der Waals surface area contributed by atoms with Crippen LogP contribution in [-0.2, 0) is 0 Å². The summed E-state index contributed by atoms with van der Waals surface area (Å²) >= 11 is 5.64. The van der Waals surface area contributed by atoms with Crippen molar-refractivity contribution < 1.29 is 4.92 Å². The number of nitro groups is 1. The molecule has 0 radical (unpaired) electrons. The molecule has 2 aromatic rings. The Bertz CT molecular complexity index is 527. The SMILES string of the molecule is O=[N+]([O-])c1ccc(Nc2ccc(Cl)nc2)nc1. The lowest BCUT2D eigenvalue weighted by atomic mass is 10.4. The van der Waals surface area contributed by atoms with Crippen LogP contribution < -0.4 is 5.32 Å². The van der Waals surface area contributed by atoms with Crippen molar-refractivity contribution in [2.45, 2.75) is 0 Å². The van der Waals surface area contributed by atoms with Gasteiger partial charge in [0, 0.05) is 6.07 Å². The minimum absolute atomic E-state index is 0.0511. The highest BCUT2D eigenvalue weighted by molar-refractivity contribution is 6.29. The van der Waals surface area contributed by atoms with Gasteiger partial charge in [0.1, 0.15) is 17.2 Å². The highest BCUT2D eigenvalue weighted by Crippen LogP contribution is 2.17. The summed E-state index contributed by atoms with van der Waals surface area (Å²) in [6, 6.07) is 6.26. The number of aromatic nitrogens is 2. The fourth-order valence-electron chi connectivity index (χ4n) is 1.17. The van der Waals surface area contributed by atoms with Crippen molar-refractivity contribution >= 4 is 28.8 Å². The standard InChI is InChI=1S/C10H7ClN4O2/c11-9-3-1-7(5-12-9)14-10-4-2-8(6-13-10)15(16)17/h1-6H,(H,13,14). The number of hydrogen-bond acceptors (Lipinski definition) is 5. The van der Waals surface area contributed by atoms with Crippen LogP contribution in [0.5, 0.6) is 0 Å². The van der Waals surface area contributed by atoms with E-state index in [1.165, 1.54) is 18.3 Å². The zero-order valence-corrected chi connectivity index (χ0v) is 9.26. The van der Waals surface area contributed by atoms with Crippen molar-refractivity contribution in [3.05, 3.63) is 51.9 Å². The van der Waals surface area contributed by atoms with Crippen LogP contribution in [0.1, 0.15) is 0 Å². The molecule has 0 spiro atoms. The van der Waals surface area contributed by atoms with Gasteiger partial charge >= 0.3 is 0 Å². The average Bonchev–Trinajstić information content (AvgIpc) is 2.33. The second-order valence-electron chi connectivity index (χ2n) is 3.15. The maximum atomic E-state index is 10.4. The van der Waals surface area contributed by atoms with Crippen LogP contribution in [0.4, 0.5) is 17.2 Å². The molecule has 0 amide bonds. The molecule has 1 N–H and O–H groups in total. The topological polar surface area (TPSA) is 81.0 Å². The first-order valence-electron chi connectivity index (χ1n) is 4.64. The summed E-state index contributed by atoms with van der Waals surface area (Å²) in [6.07, 6.45) is 2.73. The van der Waals surface area contributed by atoms with Crippen LogP contribution in [-0.4, -0.2) is 14.9 Å². The molecular formula is C10H7ClN4O2. The zero-order valence-electron chi connectivity index (χ0n) is 8.50. The van der Waals surface area contributed by atoms with Gasteiger partial charge in [0.05, 0.1) is 16.8 Å². The summed E-state index contributed by atoms with van der Waals surface area (Å²) in [6.45, 7) is 0. The summed E-state index contributed by atoms with van der Waals surface area (Å²) < 4.78 is 0. The smallest absolute Gasteiger partial charge is 0.287 e. The molecule has 6 nitrogen and oxygen atoms in total. The predicted molar refractivity (Wildman–Crippen MR) is 63.4 cm³/mol. The van der Waals surface area contributed by atoms with Crippen molar-refractivity contribution in [1.29, 1.82) is 0 Å². The van der Waals surface area contributed by atoms with Crippen LogP contribution in [0, 0.1) is 10.1 Å². The molecule has 0 aliphatic heterocycles. The summed E-state index contributed by atoms with van der Waals surface area (Å²) in [5.74, 6) is 0.500. The molecule has 0 saturated heterocycles. The molecule has 17 heavy (non-hydrogen) atoms.